The number of carbonyl (C=O) groups excluding carboxylic acids is 2. The third kappa shape index (κ3) is 6.25. The van der Waals surface area contributed by atoms with Gasteiger partial charge in [-0.15, -0.1) is 0 Å². The van der Waals surface area contributed by atoms with Crippen LogP contribution in [0.3, 0.4) is 0 Å². The summed E-state index contributed by atoms with van der Waals surface area (Å²) in [5.41, 5.74) is 2.77. The molecule has 1 unspecified atom stereocenters. The van der Waals surface area contributed by atoms with E-state index in [-0.39, 0.29) is 30.7 Å². The van der Waals surface area contributed by atoms with E-state index in [1.54, 1.807) is 13.0 Å². The van der Waals surface area contributed by atoms with Gasteiger partial charge in [-0.1, -0.05) is 24.3 Å². The number of nitrogens with zero attached hydrogens (tertiary/aromatic N) is 4. The van der Waals surface area contributed by atoms with Gasteiger partial charge in [0, 0.05) is 51.8 Å². The highest BCUT2D eigenvalue weighted by Crippen LogP contribution is 2.19. The summed E-state index contributed by atoms with van der Waals surface area (Å²) < 4.78 is 14.6. The zero-order valence-electron chi connectivity index (χ0n) is 19.0. The lowest BCUT2D eigenvalue weighted by atomic mass is 10.00. The number of carbonyl (C=O) groups is 2. The van der Waals surface area contributed by atoms with Crippen LogP contribution < -0.4 is 10.6 Å². The number of hydrogen-bond acceptors (Lipinski definition) is 6. The normalized spacial score (nSPS) is 17.8. The minimum absolute atomic E-state index is 0.0623. The van der Waals surface area contributed by atoms with E-state index in [9.17, 15) is 14.0 Å². The third-order valence-corrected chi connectivity index (χ3v) is 6.34. The van der Waals surface area contributed by atoms with E-state index < -0.39 is 12.1 Å². The van der Waals surface area contributed by atoms with Gasteiger partial charge in [0.25, 0.3) is 5.91 Å². The van der Waals surface area contributed by atoms with Crippen LogP contribution in [0.15, 0.2) is 36.7 Å². The van der Waals surface area contributed by atoms with E-state index in [2.05, 4.69) is 37.6 Å². The second kappa shape index (κ2) is 10.7. The van der Waals surface area contributed by atoms with Crippen LogP contribution >= 0.6 is 0 Å². The second-order valence-corrected chi connectivity index (χ2v) is 8.77. The molecule has 4 rings (SSSR count). The Morgan fingerprint density at radius 1 is 1.15 bits per heavy atom. The minimum atomic E-state index is -1.16. The first kappa shape index (κ1) is 23.1. The Balaban J connectivity index is 1.23. The zero-order valence-corrected chi connectivity index (χ0v) is 19.0. The molecule has 2 aliphatic heterocycles. The summed E-state index contributed by atoms with van der Waals surface area (Å²) in [6, 6.07) is 10.0. The van der Waals surface area contributed by atoms with Crippen molar-refractivity contribution >= 4 is 17.6 Å². The molecule has 0 bridgehead atoms. The number of benzene rings is 1. The average Bonchev–Trinajstić information content (AvgIpc) is 2.83. The minimum Gasteiger partial charge on any atom is -0.367 e. The Bertz CT molecular complexity index is 979. The molecule has 0 saturated carbocycles. The van der Waals surface area contributed by atoms with Crippen LogP contribution in [0.1, 0.15) is 41.4 Å². The molecular formula is C24H31FN6O2. The summed E-state index contributed by atoms with van der Waals surface area (Å²) in [6.07, 6.45) is 2.72. The van der Waals surface area contributed by atoms with Crippen LogP contribution in [0.2, 0.25) is 0 Å². The SMILES string of the molecule is CC(=O)N1CCC(Nc2cc(C(=O)NCC(F)CN3CCc4ccccc4C3)ncn2)CC1. The van der Waals surface area contributed by atoms with Gasteiger partial charge >= 0.3 is 0 Å². The Morgan fingerprint density at radius 3 is 2.67 bits per heavy atom. The first-order valence-corrected chi connectivity index (χ1v) is 11.5. The van der Waals surface area contributed by atoms with Crippen molar-refractivity contribution in [2.75, 3.05) is 38.0 Å². The van der Waals surface area contributed by atoms with Gasteiger partial charge < -0.3 is 15.5 Å². The van der Waals surface area contributed by atoms with E-state index in [1.165, 1.54) is 17.5 Å². The first-order chi connectivity index (χ1) is 16.0. The largest absolute Gasteiger partial charge is 0.367 e. The molecule has 0 radical (unpaired) electrons. The summed E-state index contributed by atoms with van der Waals surface area (Å²) in [4.78, 5) is 36.1. The molecule has 1 fully saturated rings. The van der Waals surface area contributed by atoms with E-state index in [4.69, 9.17) is 0 Å². The Kier molecular flexibility index (Phi) is 7.49. The second-order valence-electron chi connectivity index (χ2n) is 8.77. The van der Waals surface area contributed by atoms with Crippen molar-refractivity contribution in [2.45, 2.75) is 44.9 Å². The molecule has 1 saturated heterocycles. The number of hydrogen-bond donors (Lipinski definition) is 2. The molecule has 2 aromatic rings. The standard InChI is InChI=1S/C24H31FN6O2/c1-17(32)31-10-7-21(8-11-31)29-23-12-22(27-16-28-23)24(33)26-13-20(25)15-30-9-6-18-4-2-3-5-19(18)14-30/h2-5,12,16,20-21H,6-11,13-15H2,1H3,(H,26,33)(H,27,28,29). The number of likely N-dealkylation sites (tertiary alicyclic amines) is 1. The fourth-order valence-corrected chi connectivity index (χ4v) is 4.46. The maximum absolute atomic E-state index is 14.6. The molecule has 3 heterocycles. The molecule has 2 N–H and O–H groups in total. The molecule has 0 aliphatic carbocycles. The first-order valence-electron chi connectivity index (χ1n) is 11.5. The average molecular weight is 455 g/mol. The summed E-state index contributed by atoms with van der Waals surface area (Å²) in [5.74, 6) is 0.226. The van der Waals surface area contributed by atoms with Crippen LogP contribution in [0.4, 0.5) is 10.2 Å². The van der Waals surface area contributed by atoms with Gasteiger partial charge in [0.15, 0.2) is 0 Å². The van der Waals surface area contributed by atoms with Crippen LogP contribution in [-0.4, -0.2) is 76.5 Å². The molecule has 0 spiro atoms. The van der Waals surface area contributed by atoms with E-state index in [1.807, 2.05) is 17.0 Å². The van der Waals surface area contributed by atoms with Crippen molar-refractivity contribution in [3.05, 3.63) is 53.5 Å². The maximum atomic E-state index is 14.6. The van der Waals surface area contributed by atoms with Crippen LogP contribution in [0.25, 0.3) is 0 Å². The number of halogens is 1. The molecule has 2 amide bonds. The molecule has 2 aliphatic rings. The third-order valence-electron chi connectivity index (χ3n) is 6.34. The Morgan fingerprint density at radius 2 is 1.91 bits per heavy atom. The van der Waals surface area contributed by atoms with Crippen LogP contribution in [0.5, 0.6) is 0 Å². The van der Waals surface area contributed by atoms with Crippen molar-refractivity contribution in [1.82, 2.24) is 25.1 Å². The maximum Gasteiger partial charge on any atom is 0.270 e. The smallest absolute Gasteiger partial charge is 0.270 e. The van der Waals surface area contributed by atoms with Crippen molar-refractivity contribution < 1.29 is 14.0 Å². The Labute approximate surface area is 193 Å². The summed E-state index contributed by atoms with van der Waals surface area (Å²) in [7, 11) is 0. The topological polar surface area (TPSA) is 90.5 Å². The van der Waals surface area contributed by atoms with E-state index in [0.717, 1.165) is 32.4 Å². The number of anilines is 1. The fraction of sp³-hybridized carbons (Fsp3) is 0.500. The number of alkyl halides is 1. The van der Waals surface area contributed by atoms with Crippen molar-refractivity contribution in [3.63, 3.8) is 0 Å². The summed E-state index contributed by atoms with van der Waals surface area (Å²) >= 11 is 0. The summed E-state index contributed by atoms with van der Waals surface area (Å²) in [6.45, 7) is 4.75. The fourth-order valence-electron chi connectivity index (χ4n) is 4.46. The van der Waals surface area contributed by atoms with Crippen molar-refractivity contribution in [2.24, 2.45) is 0 Å². The van der Waals surface area contributed by atoms with Gasteiger partial charge in [-0.2, -0.15) is 0 Å². The lowest BCUT2D eigenvalue weighted by Gasteiger charge is -2.31. The predicted molar refractivity (Wildman–Crippen MR) is 124 cm³/mol. The quantitative estimate of drug-likeness (QED) is 0.665. The lowest BCUT2D eigenvalue weighted by molar-refractivity contribution is -0.129. The molecule has 1 atom stereocenters. The highest BCUT2D eigenvalue weighted by atomic mass is 19.1. The highest BCUT2D eigenvalue weighted by Gasteiger charge is 2.22. The van der Waals surface area contributed by atoms with Gasteiger partial charge in [0.05, 0.1) is 6.54 Å². The molecule has 8 nitrogen and oxygen atoms in total. The van der Waals surface area contributed by atoms with E-state index in [0.29, 0.717) is 18.9 Å². The monoisotopic (exact) mass is 454 g/mol. The number of fused-ring (bicyclic) bond motifs is 1. The predicted octanol–water partition coefficient (Wildman–Crippen LogP) is 2.03. The highest BCUT2D eigenvalue weighted by molar-refractivity contribution is 5.92. The van der Waals surface area contributed by atoms with E-state index >= 15 is 0 Å². The van der Waals surface area contributed by atoms with Gasteiger partial charge in [-0.05, 0) is 30.4 Å². The van der Waals surface area contributed by atoms with Gasteiger partial charge in [-0.3, -0.25) is 14.5 Å². The number of piperidine rings is 1. The van der Waals surface area contributed by atoms with Crippen LogP contribution in [-0.2, 0) is 17.8 Å². The van der Waals surface area contributed by atoms with Crippen molar-refractivity contribution in [3.8, 4) is 0 Å². The van der Waals surface area contributed by atoms with Gasteiger partial charge in [0.2, 0.25) is 5.91 Å². The number of nitrogens with one attached hydrogen (secondary N) is 2. The van der Waals surface area contributed by atoms with Crippen molar-refractivity contribution in [1.29, 1.82) is 0 Å². The number of aromatic nitrogens is 2. The number of amides is 2. The lowest BCUT2D eigenvalue weighted by Crippen LogP contribution is -2.41. The Hall–Kier alpha value is -3.07. The van der Waals surface area contributed by atoms with Crippen LogP contribution in [0, 0.1) is 0 Å². The molecule has 33 heavy (non-hydrogen) atoms. The molecule has 1 aromatic heterocycles. The van der Waals surface area contributed by atoms with Gasteiger partial charge in [0.1, 0.15) is 24.0 Å². The molecule has 176 valence electrons. The molecular weight excluding hydrogens is 423 g/mol. The zero-order chi connectivity index (χ0) is 23.2. The van der Waals surface area contributed by atoms with Gasteiger partial charge in [-0.25, -0.2) is 14.4 Å². The summed E-state index contributed by atoms with van der Waals surface area (Å²) in [5, 5.41) is 5.97. The number of rotatable bonds is 7. The molecule has 9 heteroatoms. The molecule has 1 aromatic carbocycles.